The summed E-state index contributed by atoms with van der Waals surface area (Å²) in [6, 6.07) is 0. The van der Waals surface area contributed by atoms with Gasteiger partial charge < -0.3 is 39.4 Å². The van der Waals surface area contributed by atoms with Crippen LogP contribution in [0.4, 0.5) is 26.3 Å². The van der Waals surface area contributed by atoms with Gasteiger partial charge in [0, 0.05) is 0 Å². The Labute approximate surface area is 155 Å². The Morgan fingerprint density at radius 2 is 1.07 bits per heavy atom. The van der Waals surface area contributed by atoms with Crippen molar-refractivity contribution in [1.29, 1.82) is 0 Å². The van der Waals surface area contributed by atoms with Crippen LogP contribution in [-0.2, 0) is 23.7 Å². The van der Waals surface area contributed by atoms with Gasteiger partial charge in [-0.1, -0.05) is 0 Å². The second-order valence-electron chi connectivity index (χ2n) is 5.33. The largest absolute Gasteiger partial charge is 0.394 e. The lowest BCUT2D eigenvalue weighted by Crippen LogP contribution is -2.40. The molecule has 170 valence electrons. The molecule has 0 radical (unpaired) electrons. The van der Waals surface area contributed by atoms with Gasteiger partial charge >= 0.3 is 18.3 Å². The lowest BCUT2D eigenvalue weighted by atomic mass is 10.4. The number of aliphatic hydroxyl groups is 4. The number of rotatable bonds is 17. The van der Waals surface area contributed by atoms with Crippen LogP contribution in [0.3, 0.4) is 0 Å². The van der Waals surface area contributed by atoms with Gasteiger partial charge in [-0.15, -0.1) is 0 Å². The smallest absolute Gasteiger partial charge is 0.383 e. The summed E-state index contributed by atoms with van der Waals surface area (Å²) in [5, 5.41) is 34.6. The van der Waals surface area contributed by atoms with Crippen molar-refractivity contribution in [2.45, 2.75) is 30.5 Å². The van der Waals surface area contributed by atoms with Gasteiger partial charge in [0.15, 0.2) is 0 Å². The summed E-state index contributed by atoms with van der Waals surface area (Å²) in [6.07, 6.45) is -16.0. The fraction of sp³-hybridized carbons (Fsp3) is 1.00. The molecule has 2 unspecified atom stereocenters. The summed E-state index contributed by atoms with van der Waals surface area (Å²) in [4.78, 5) is 0. The topological polar surface area (TPSA) is 127 Å². The fourth-order valence-corrected chi connectivity index (χ4v) is 1.34. The molecule has 0 saturated heterocycles. The highest BCUT2D eigenvalue weighted by atomic mass is 19.3. The number of hydrogen-bond acceptors (Lipinski definition) is 9. The highest BCUT2D eigenvalue weighted by Gasteiger charge is 2.44. The molecule has 28 heavy (non-hydrogen) atoms. The van der Waals surface area contributed by atoms with E-state index in [0.29, 0.717) is 0 Å². The number of aliphatic hydroxyl groups excluding tert-OH is 4. The van der Waals surface area contributed by atoms with Crippen molar-refractivity contribution in [3.05, 3.63) is 0 Å². The summed E-state index contributed by atoms with van der Waals surface area (Å²) < 4.78 is 98.7. The van der Waals surface area contributed by atoms with Crippen molar-refractivity contribution < 1.29 is 70.5 Å². The Morgan fingerprint density at radius 3 is 1.57 bits per heavy atom. The van der Waals surface area contributed by atoms with Gasteiger partial charge in [0.25, 0.3) is 0 Å². The molecular weight excluding hydrogens is 414 g/mol. The molecule has 0 aromatic carbocycles. The average molecular weight is 436 g/mol. The minimum absolute atomic E-state index is 0.753. The molecule has 0 aromatic rings. The maximum atomic E-state index is 13.2. The average Bonchev–Trinajstić information content (AvgIpc) is 2.57. The molecule has 15 heteroatoms. The van der Waals surface area contributed by atoms with Crippen LogP contribution in [0.5, 0.6) is 0 Å². The van der Waals surface area contributed by atoms with Crippen LogP contribution in [-0.4, -0.2) is 104 Å². The van der Waals surface area contributed by atoms with Gasteiger partial charge in [-0.2, -0.15) is 26.3 Å². The quantitative estimate of drug-likeness (QED) is 0.136. The molecular formula is C13H22F6O9. The molecule has 0 fully saturated rings. The van der Waals surface area contributed by atoms with Crippen molar-refractivity contribution in [3.8, 4) is 0 Å². The molecule has 0 aliphatic heterocycles. The third kappa shape index (κ3) is 14.3. The van der Waals surface area contributed by atoms with Gasteiger partial charge in [-0.05, 0) is 0 Å². The standard InChI is InChI=1S/C13H22F6O9/c14-11(15,27-4-10(23)2-21)5-25-8-26-7-13(18,19)28-12(16,17)6-24-3-9(22)1-20/h9-10,20-23H,1-8H2. The summed E-state index contributed by atoms with van der Waals surface area (Å²) in [7, 11) is 0. The summed E-state index contributed by atoms with van der Waals surface area (Å²) in [5.41, 5.74) is 0. The van der Waals surface area contributed by atoms with Crippen molar-refractivity contribution in [3.63, 3.8) is 0 Å². The third-order valence-corrected chi connectivity index (χ3v) is 2.49. The van der Waals surface area contributed by atoms with Gasteiger partial charge in [0.05, 0.1) is 26.4 Å². The van der Waals surface area contributed by atoms with Crippen LogP contribution in [0, 0.1) is 0 Å². The van der Waals surface area contributed by atoms with Crippen molar-refractivity contribution in [2.24, 2.45) is 0 Å². The first-order valence-electron chi connectivity index (χ1n) is 7.61. The van der Waals surface area contributed by atoms with E-state index in [1.54, 1.807) is 0 Å². The number of ether oxygens (including phenoxy) is 5. The van der Waals surface area contributed by atoms with Crippen LogP contribution < -0.4 is 0 Å². The zero-order chi connectivity index (χ0) is 21.8. The number of halogens is 6. The summed E-state index contributed by atoms with van der Waals surface area (Å²) >= 11 is 0. The molecule has 9 nitrogen and oxygen atoms in total. The maximum absolute atomic E-state index is 13.2. The lowest BCUT2D eigenvalue weighted by Gasteiger charge is -2.24. The van der Waals surface area contributed by atoms with E-state index in [4.69, 9.17) is 20.4 Å². The zero-order valence-corrected chi connectivity index (χ0v) is 14.4. The van der Waals surface area contributed by atoms with Crippen molar-refractivity contribution in [2.75, 3.05) is 53.0 Å². The minimum atomic E-state index is -4.53. The van der Waals surface area contributed by atoms with Crippen LogP contribution in [0.2, 0.25) is 0 Å². The van der Waals surface area contributed by atoms with Crippen LogP contribution >= 0.6 is 0 Å². The van der Waals surface area contributed by atoms with Gasteiger partial charge in [0.1, 0.15) is 38.8 Å². The molecule has 0 saturated carbocycles. The monoisotopic (exact) mass is 436 g/mol. The Balaban J connectivity index is 4.08. The maximum Gasteiger partial charge on any atom is 0.383 e. The van der Waals surface area contributed by atoms with Crippen molar-refractivity contribution >= 4 is 0 Å². The Bertz CT molecular complexity index is 416. The Hall–Kier alpha value is -0.780. The van der Waals surface area contributed by atoms with Crippen LogP contribution in [0.15, 0.2) is 0 Å². The first-order valence-corrected chi connectivity index (χ1v) is 7.61. The van der Waals surface area contributed by atoms with E-state index in [1.807, 2.05) is 0 Å². The summed E-state index contributed by atoms with van der Waals surface area (Å²) in [5.74, 6) is 0. The van der Waals surface area contributed by atoms with E-state index in [1.165, 1.54) is 0 Å². The molecule has 2 atom stereocenters. The molecule has 0 aliphatic rings. The molecule has 0 rings (SSSR count). The van der Waals surface area contributed by atoms with Gasteiger partial charge in [-0.25, -0.2) is 0 Å². The number of alkyl halides is 6. The van der Waals surface area contributed by atoms with Crippen LogP contribution in [0.1, 0.15) is 0 Å². The molecule has 0 aliphatic carbocycles. The molecule has 0 spiro atoms. The van der Waals surface area contributed by atoms with Crippen LogP contribution in [0.25, 0.3) is 0 Å². The normalized spacial score (nSPS) is 15.6. The summed E-state index contributed by atoms with van der Waals surface area (Å²) in [6.45, 7) is -9.32. The van der Waals surface area contributed by atoms with E-state index in [2.05, 4.69) is 23.7 Å². The highest BCUT2D eigenvalue weighted by Crippen LogP contribution is 2.27. The highest BCUT2D eigenvalue weighted by molar-refractivity contribution is 4.60. The SMILES string of the molecule is OCC(O)COCC(F)(F)OC(F)(F)COCOCC(F)(F)OCC(O)CO. The second kappa shape index (κ2) is 12.7. The number of hydrogen-bond donors (Lipinski definition) is 4. The molecule has 0 heterocycles. The predicted molar refractivity (Wildman–Crippen MR) is 75.7 cm³/mol. The predicted octanol–water partition coefficient (Wildman–Crippen LogP) is -0.488. The molecule has 0 amide bonds. The first kappa shape index (κ1) is 27.2. The third-order valence-electron chi connectivity index (χ3n) is 2.49. The Morgan fingerprint density at radius 1 is 0.643 bits per heavy atom. The second-order valence-corrected chi connectivity index (χ2v) is 5.33. The van der Waals surface area contributed by atoms with E-state index < -0.39 is 83.6 Å². The Kier molecular flexibility index (Phi) is 12.4. The van der Waals surface area contributed by atoms with E-state index in [9.17, 15) is 26.3 Å². The van der Waals surface area contributed by atoms with E-state index >= 15 is 0 Å². The molecule has 0 bridgehead atoms. The van der Waals surface area contributed by atoms with Gasteiger partial charge in [-0.3, -0.25) is 4.74 Å². The lowest BCUT2D eigenvalue weighted by molar-refractivity contribution is -0.396. The van der Waals surface area contributed by atoms with E-state index in [-0.39, 0.29) is 0 Å². The first-order chi connectivity index (χ1) is 12.8. The van der Waals surface area contributed by atoms with Crippen molar-refractivity contribution in [1.82, 2.24) is 0 Å². The molecule has 4 N–H and O–H groups in total. The minimum Gasteiger partial charge on any atom is -0.394 e. The fourth-order valence-electron chi connectivity index (χ4n) is 1.34. The molecule has 0 aromatic heterocycles. The zero-order valence-electron chi connectivity index (χ0n) is 14.4. The van der Waals surface area contributed by atoms with Gasteiger partial charge in [0.2, 0.25) is 0 Å². The van der Waals surface area contributed by atoms with E-state index in [0.717, 1.165) is 0 Å².